The molecule has 0 radical (unpaired) electrons. The number of primary amides is 1. The van der Waals surface area contributed by atoms with Gasteiger partial charge in [0, 0.05) is 25.8 Å². The van der Waals surface area contributed by atoms with Gasteiger partial charge in [-0.2, -0.15) is 0 Å². The molecule has 0 aliphatic carbocycles. The first-order valence-electron chi connectivity index (χ1n) is 22.7. The number of nitrogens with zero attached hydrogens (tertiary/aromatic N) is 1. The molecule has 8 atom stereocenters. The molecule has 0 saturated heterocycles. The molecule has 1 aromatic rings. The molecule has 0 bridgehead atoms. The average molecular weight is 1040 g/mol. The normalized spacial score (nSPS) is 14.1. The highest BCUT2D eigenvalue weighted by Crippen LogP contribution is 2.10. The smallest absolute Gasteiger partial charge is 0.326 e. The van der Waals surface area contributed by atoms with Crippen LogP contribution < -0.4 is 65.5 Å². The maximum atomic E-state index is 14.0. The number of aliphatic imine (C=N–C) groups is 1. The molecule has 406 valence electrons. The third-order valence-electron chi connectivity index (χ3n) is 10.2. The minimum atomic E-state index is -1.88. The lowest BCUT2D eigenvalue weighted by atomic mass is 10.0. The van der Waals surface area contributed by atoms with Crippen molar-refractivity contribution >= 4 is 77.0 Å². The molecule has 1 rings (SSSR count). The second-order valence-corrected chi connectivity index (χ2v) is 16.8. The van der Waals surface area contributed by atoms with Gasteiger partial charge >= 0.3 is 17.9 Å². The zero-order valence-electron chi connectivity index (χ0n) is 40.2. The summed E-state index contributed by atoms with van der Waals surface area (Å²) >= 11 is 0. The number of aliphatic hydroxyl groups is 2. The first kappa shape index (κ1) is 63.0. The van der Waals surface area contributed by atoms with Crippen LogP contribution in [0.2, 0.25) is 0 Å². The highest BCUT2D eigenvalue weighted by atomic mass is 16.4. The van der Waals surface area contributed by atoms with Crippen LogP contribution in [0.5, 0.6) is 0 Å². The zero-order chi connectivity index (χ0) is 55.4. The number of benzene rings is 1. The van der Waals surface area contributed by atoms with E-state index in [0.29, 0.717) is 5.56 Å². The molecule has 0 saturated carbocycles. The van der Waals surface area contributed by atoms with Crippen molar-refractivity contribution in [2.45, 2.75) is 120 Å². The largest absolute Gasteiger partial charge is 0.481 e. The second-order valence-electron chi connectivity index (χ2n) is 16.8. The number of hydrogen-bond acceptors (Lipinski definition) is 16. The Morgan fingerprint density at radius 3 is 1.49 bits per heavy atom. The van der Waals surface area contributed by atoms with E-state index in [2.05, 4.69) is 47.5 Å². The molecule has 0 unspecified atom stereocenters. The molecule has 21 N–H and O–H groups in total. The number of nitrogens with two attached hydrogens (primary N) is 4. The number of carboxylic acid groups (broad SMARTS) is 3. The summed E-state index contributed by atoms with van der Waals surface area (Å²) in [4.78, 5) is 156. The van der Waals surface area contributed by atoms with Crippen LogP contribution >= 0.6 is 0 Å². The average Bonchev–Trinajstić information content (AvgIpc) is 3.31. The van der Waals surface area contributed by atoms with Crippen LogP contribution in [0, 0.1) is 5.92 Å². The minimum absolute atomic E-state index is 0.0710. The number of guanidine groups is 1. The standard InChI is InChI=1S/C43H67N13O17/c1-21(2)15-27(53-41(71)30(20-58)56-38(68)25(11-13-34(63)64)52-37(67)24(10-12-33(61)62)51-35(65)23(44)17-31(45)59)39(69)54-28(16-22-7-4-3-5-8-22)40(70)55-29(19-57)36(66)49-18-32(60)50-26(42(72)73)9-6-14-48-43(46)47/h3-5,7-8,21,23-30,57-58H,6,9-20,44H2,1-2H3,(H2,45,59)(H,49,66)(H,50,60)(H,51,65)(H,52,67)(H,53,71)(H,54,69)(H,55,70)(H,56,68)(H,61,62)(H,63,64)(H,72,73)(H4,46,47,48)/t23-,24-,25-,26-,27-,28-,29-,30-/m0/s1. The summed E-state index contributed by atoms with van der Waals surface area (Å²) < 4.78 is 0. The van der Waals surface area contributed by atoms with E-state index in [1.165, 1.54) is 0 Å². The summed E-state index contributed by atoms with van der Waals surface area (Å²) in [5.74, 6) is -14.5. The van der Waals surface area contributed by atoms with Gasteiger partial charge < -0.3 is 91.0 Å². The molecule has 0 aromatic heterocycles. The highest BCUT2D eigenvalue weighted by molar-refractivity contribution is 5.98. The third kappa shape index (κ3) is 25.6. The fourth-order valence-electron chi connectivity index (χ4n) is 6.47. The summed E-state index contributed by atoms with van der Waals surface area (Å²) in [5.41, 5.74) is 21.7. The highest BCUT2D eigenvalue weighted by Gasteiger charge is 2.35. The number of carbonyl (C=O) groups excluding carboxylic acids is 9. The van der Waals surface area contributed by atoms with E-state index < -0.39 is 171 Å². The Hall–Kier alpha value is -7.99. The van der Waals surface area contributed by atoms with Crippen molar-refractivity contribution in [3.8, 4) is 0 Å². The Morgan fingerprint density at radius 2 is 1.01 bits per heavy atom. The molecular weight excluding hydrogens is 971 g/mol. The van der Waals surface area contributed by atoms with E-state index in [1.54, 1.807) is 44.2 Å². The fourth-order valence-corrected chi connectivity index (χ4v) is 6.47. The molecule has 30 nitrogen and oxygen atoms in total. The molecule has 0 aliphatic rings. The first-order chi connectivity index (χ1) is 34.3. The number of aliphatic carboxylic acids is 3. The maximum absolute atomic E-state index is 14.0. The third-order valence-corrected chi connectivity index (χ3v) is 10.2. The number of amides is 9. The maximum Gasteiger partial charge on any atom is 0.326 e. The molecule has 0 aliphatic heterocycles. The van der Waals surface area contributed by atoms with Gasteiger partial charge in [-0.05, 0) is 43.6 Å². The summed E-state index contributed by atoms with van der Waals surface area (Å²) in [6.45, 7) is 0.499. The van der Waals surface area contributed by atoms with Crippen molar-refractivity contribution in [1.29, 1.82) is 0 Å². The number of carboxylic acids is 3. The van der Waals surface area contributed by atoms with Crippen molar-refractivity contribution in [1.82, 2.24) is 42.5 Å². The lowest BCUT2D eigenvalue weighted by molar-refractivity contribution is -0.142. The van der Waals surface area contributed by atoms with E-state index in [4.69, 9.17) is 22.9 Å². The molecule has 0 spiro atoms. The number of nitrogens with one attached hydrogen (secondary N) is 8. The van der Waals surface area contributed by atoms with Gasteiger partial charge in [-0.3, -0.25) is 57.7 Å². The molecular formula is C43H67N13O17. The van der Waals surface area contributed by atoms with Gasteiger partial charge in [0.25, 0.3) is 0 Å². The van der Waals surface area contributed by atoms with Crippen LogP contribution in [0.15, 0.2) is 35.3 Å². The topological polar surface area (TPSA) is 519 Å². The number of carbonyl (C=O) groups is 12. The number of rotatable bonds is 35. The van der Waals surface area contributed by atoms with Gasteiger partial charge in [0.05, 0.1) is 32.2 Å². The van der Waals surface area contributed by atoms with Gasteiger partial charge in [-0.25, -0.2) is 4.79 Å². The van der Waals surface area contributed by atoms with E-state index in [0.717, 1.165) is 0 Å². The van der Waals surface area contributed by atoms with Crippen LogP contribution in [0.3, 0.4) is 0 Å². The summed E-state index contributed by atoms with van der Waals surface area (Å²) in [6.07, 6.45) is -3.53. The summed E-state index contributed by atoms with van der Waals surface area (Å²) in [5, 5.41) is 66.4. The van der Waals surface area contributed by atoms with Crippen molar-refractivity contribution in [2.75, 3.05) is 26.3 Å². The second kappa shape index (κ2) is 32.8. The van der Waals surface area contributed by atoms with Gasteiger partial charge in [-0.15, -0.1) is 0 Å². The van der Waals surface area contributed by atoms with Gasteiger partial charge in [-0.1, -0.05) is 44.2 Å². The minimum Gasteiger partial charge on any atom is -0.481 e. The van der Waals surface area contributed by atoms with Crippen LogP contribution in [0.4, 0.5) is 0 Å². The Labute approximate surface area is 417 Å². The van der Waals surface area contributed by atoms with E-state index in [9.17, 15) is 83.1 Å². The Bertz CT molecular complexity index is 2120. The summed E-state index contributed by atoms with van der Waals surface area (Å²) in [6, 6.07) is -4.90. The monoisotopic (exact) mass is 1040 g/mol. The molecule has 0 fully saturated rings. The van der Waals surface area contributed by atoms with Crippen molar-refractivity contribution in [3.63, 3.8) is 0 Å². The predicted octanol–water partition coefficient (Wildman–Crippen LogP) is -7.16. The molecule has 73 heavy (non-hydrogen) atoms. The van der Waals surface area contributed by atoms with Crippen molar-refractivity contribution in [2.24, 2.45) is 33.8 Å². The van der Waals surface area contributed by atoms with Gasteiger partial charge in [0.1, 0.15) is 42.3 Å². The van der Waals surface area contributed by atoms with E-state index in [1.807, 2.05) is 0 Å². The lowest BCUT2D eigenvalue weighted by Gasteiger charge is -2.27. The Balaban J connectivity index is 3.31. The molecule has 0 heterocycles. The summed E-state index contributed by atoms with van der Waals surface area (Å²) in [7, 11) is 0. The predicted molar refractivity (Wildman–Crippen MR) is 253 cm³/mol. The van der Waals surface area contributed by atoms with Crippen molar-refractivity contribution < 1.29 is 83.1 Å². The lowest BCUT2D eigenvalue weighted by Crippen LogP contribution is -2.61. The molecule has 30 heteroatoms. The zero-order valence-corrected chi connectivity index (χ0v) is 40.2. The van der Waals surface area contributed by atoms with Crippen LogP contribution in [0.25, 0.3) is 0 Å². The van der Waals surface area contributed by atoms with Crippen LogP contribution in [0.1, 0.15) is 70.8 Å². The molecule has 9 amide bonds. The number of aliphatic hydroxyl groups excluding tert-OH is 2. The van der Waals surface area contributed by atoms with E-state index >= 15 is 0 Å². The fraction of sp³-hybridized carbons (Fsp3) is 0.558. The van der Waals surface area contributed by atoms with Crippen LogP contribution in [-0.2, 0) is 64.0 Å². The quantitative estimate of drug-likeness (QED) is 0.0171. The van der Waals surface area contributed by atoms with E-state index in [-0.39, 0.29) is 44.1 Å². The Kier molecular flexibility index (Phi) is 28.3. The van der Waals surface area contributed by atoms with Gasteiger partial charge in [0.15, 0.2) is 5.96 Å². The SMILES string of the molecule is CC(C)C[C@H](NC(=O)[C@H](CO)NC(=O)[C@H](CCC(=O)O)NC(=O)[C@H](CCC(=O)O)NC(=O)[C@@H](N)CC(N)=O)C(=O)N[C@@H](Cc1ccccc1)C(=O)N[C@@H](CO)C(=O)NCC(=O)N[C@@H](CCCN=C(N)N)C(=O)O. The Morgan fingerprint density at radius 1 is 0.562 bits per heavy atom. The number of hydrogen-bond donors (Lipinski definition) is 17. The molecule has 1 aromatic carbocycles. The van der Waals surface area contributed by atoms with Gasteiger partial charge in [0.2, 0.25) is 53.2 Å². The van der Waals surface area contributed by atoms with Crippen molar-refractivity contribution in [3.05, 3.63) is 35.9 Å². The first-order valence-corrected chi connectivity index (χ1v) is 22.7. The van der Waals surface area contributed by atoms with Crippen LogP contribution in [-0.4, -0.2) is 177 Å².